The highest BCUT2D eigenvalue weighted by molar-refractivity contribution is 7.85. The van der Waals surface area contributed by atoms with Crippen LogP contribution < -0.4 is 16.9 Å². The molecule has 12 heteroatoms. The van der Waals surface area contributed by atoms with E-state index in [4.69, 9.17) is 16.1 Å². The number of rotatable bonds is 6. The molecule has 146 valence electrons. The molecule has 0 fully saturated rings. The molecule has 0 radical (unpaired) electrons. The van der Waals surface area contributed by atoms with E-state index < -0.39 is 15.0 Å². The number of pyridine rings is 1. The normalized spacial score (nSPS) is 11.3. The maximum Gasteiger partial charge on any atom is 0.294 e. The molecular formula is C15H20N6O5S. The molecule has 0 spiro atoms. The summed E-state index contributed by atoms with van der Waals surface area (Å²) in [4.78, 5) is 13.6. The molecule has 1 aromatic carbocycles. The predicted molar refractivity (Wildman–Crippen MR) is 101 cm³/mol. The topological polar surface area (TPSA) is 187 Å². The zero-order valence-corrected chi connectivity index (χ0v) is 15.3. The lowest BCUT2D eigenvalue weighted by atomic mass is 10.2. The SMILES string of the molecule is Cc1ccc(S(=O)(=O)O)cc1.NN=C(N)CCNc1ccc([N+](=O)[O-])cn1. The molecule has 1 aromatic heterocycles. The number of nitrogens with two attached hydrogens (primary N) is 2. The molecule has 0 aliphatic carbocycles. The van der Waals surface area contributed by atoms with Crippen LogP contribution in [-0.4, -0.2) is 35.3 Å². The first-order valence-corrected chi connectivity index (χ1v) is 8.98. The third-order valence-corrected chi connectivity index (χ3v) is 4.00. The number of nitrogens with one attached hydrogen (secondary N) is 1. The third kappa shape index (κ3) is 8.11. The van der Waals surface area contributed by atoms with E-state index in [-0.39, 0.29) is 10.6 Å². The predicted octanol–water partition coefficient (Wildman–Crippen LogP) is 1.26. The highest BCUT2D eigenvalue weighted by Gasteiger charge is 2.07. The summed E-state index contributed by atoms with van der Waals surface area (Å²) in [6.45, 7) is 2.35. The molecule has 11 nitrogen and oxygen atoms in total. The van der Waals surface area contributed by atoms with E-state index in [1.165, 1.54) is 30.5 Å². The van der Waals surface area contributed by atoms with Gasteiger partial charge in [-0.2, -0.15) is 13.5 Å². The molecule has 0 aliphatic heterocycles. The third-order valence-electron chi connectivity index (χ3n) is 3.13. The summed E-state index contributed by atoms with van der Waals surface area (Å²) in [5, 5.41) is 16.6. The number of hydrogen-bond donors (Lipinski definition) is 4. The Labute approximate surface area is 156 Å². The van der Waals surface area contributed by atoms with Crippen molar-refractivity contribution in [3.8, 4) is 0 Å². The quantitative estimate of drug-likeness (QED) is 0.139. The summed E-state index contributed by atoms with van der Waals surface area (Å²) in [6.07, 6.45) is 1.66. The van der Waals surface area contributed by atoms with E-state index in [9.17, 15) is 18.5 Å². The highest BCUT2D eigenvalue weighted by Crippen LogP contribution is 2.11. The van der Waals surface area contributed by atoms with Gasteiger partial charge in [0.25, 0.3) is 15.8 Å². The van der Waals surface area contributed by atoms with Crippen LogP contribution in [0.15, 0.2) is 52.6 Å². The summed E-state index contributed by atoms with van der Waals surface area (Å²) in [6, 6.07) is 8.88. The smallest absolute Gasteiger partial charge is 0.294 e. The van der Waals surface area contributed by atoms with Gasteiger partial charge in [-0.05, 0) is 25.1 Å². The number of hydrazone groups is 1. The number of nitrogens with zero attached hydrogens (tertiary/aromatic N) is 3. The Hall–Kier alpha value is -3.25. The fourth-order valence-corrected chi connectivity index (χ4v) is 2.17. The minimum absolute atomic E-state index is 0.0476. The molecular weight excluding hydrogens is 376 g/mol. The summed E-state index contributed by atoms with van der Waals surface area (Å²) < 4.78 is 29.6. The van der Waals surface area contributed by atoms with Crippen molar-refractivity contribution in [1.82, 2.24) is 4.98 Å². The minimum atomic E-state index is -4.02. The lowest BCUT2D eigenvalue weighted by Gasteiger charge is -2.03. The Morgan fingerprint density at radius 1 is 1.30 bits per heavy atom. The van der Waals surface area contributed by atoms with Gasteiger partial charge in [-0.3, -0.25) is 14.7 Å². The monoisotopic (exact) mass is 396 g/mol. The molecule has 0 saturated carbocycles. The summed E-state index contributed by atoms with van der Waals surface area (Å²) in [5.41, 5.74) is 6.28. The maximum absolute atomic E-state index is 10.5. The van der Waals surface area contributed by atoms with Gasteiger partial charge in [0.2, 0.25) is 0 Å². The first-order valence-electron chi connectivity index (χ1n) is 7.54. The number of aryl methyl sites for hydroxylation is 1. The van der Waals surface area contributed by atoms with Gasteiger partial charge in [0, 0.05) is 19.0 Å². The van der Waals surface area contributed by atoms with E-state index in [1.807, 2.05) is 6.92 Å². The highest BCUT2D eigenvalue weighted by atomic mass is 32.2. The van der Waals surface area contributed by atoms with Crippen molar-refractivity contribution in [3.63, 3.8) is 0 Å². The van der Waals surface area contributed by atoms with Gasteiger partial charge >= 0.3 is 0 Å². The van der Waals surface area contributed by atoms with Gasteiger partial charge in [0.1, 0.15) is 17.9 Å². The minimum Gasteiger partial charge on any atom is -0.386 e. The van der Waals surface area contributed by atoms with Gasteiger partial charge in [0.05, 0.1) is 9.82 Å². The fourth-order valence-electron chi connectivity index (χ4n) is 1.69. The molecule has 0 unspecified atom stereocenters. The molecule has 0 saturated heterocycles. The molecule has 0 aliphatic rings. The standard InChI is InChI=1S/C8H12N6O2.C7H8O3S/c9-7(13-10)3-4-11-8-2-1-6(5-12-8)14(15)16;1-6-2-4-7(5-3-6)11(8,9)10/h1-2,5H,3-4,10H2,(H2,9,13)(H,11,12);2-5H,1H3,(H,8,9,10). The first kappa shape index (κ1) is 21.8. The Morgan fingerprint density at radius 2 is 1.93 bits per heavy atom. The average molecular weight is 396 g/mol. The van der Waals surface area contributed by atoms with Crippen molar-refractivity contribution in [3.05, 3.63) is 58.3 Å². The van der Waals surface area contributed by atoms with Crippen LogP contribution in [0, 0.1) is 17.0 Å². The maximum atomic E-state index is 10.5. The van der Waals surface area contributed by atoms with E-state index in [0.717, 1.165) is 5.56 Å². The van der Waals surface area contributed by atoms with E-state index in [0.29, 0.717) is 24.6 Å². The van der Waals surface area contributed by atoms with Crippen LogP contribution in [0.3, 0.4) is 0 Å². The van der Waals surface area contributed by atoms with Crippen LogP contribution in [0.2, 0.25) is 0 Å². The lowest BCUT2D eigenvalue weighted by Crippen LogP contribution is -2.18. The van der Waals surface area contributed by atoms with Gasteiger partial charge in [0.15, 0.2) is 0 Å². The van der Waals surface area contributed by atoms with Gasteiger partial charge in [-0.1, -0.05) is 17.7 Å². The molecule has 0 atom stereocenters. The largest absolute Gasteiger partial charge is 0.386 e. The molecule has 0 bridgehead atoms. The average Bonchev–Trinajstić information content (AvgIpc) is 2.62. The molecule has 6 N–H and O–H groups in total. The van der Waals surface area contributed by atoms with Crippen LogP contribution in [0.5, 0.6) is 0 Å². The number of nitro groups is 1. The first-order chi connectivity index (χ1) is 12.6. The van der Waals surface area contributed by atoms with E-state index in [1.54, 1.807) is 12.1 Å². The summed E-state index contributed by atoms with van der Waals surface area (Å²) >= 11 is 0. The Morgan fingerprint density at radius 3 is 2.37 bits per heavy atom. The van der Waals surface area contributed by atoms with Gasteiger partial charge in [-0.15, -0.1) is 0 Å². The van der Waals surface area contributed by atoms with Crippen LogP contribution in [0.1, 0.15) is 12.0 Å². The zero-order chi connectivity index (χ0) is 20.4. The van der Waals surface area contributed by atoms with Crippen molar-refractivity contribution in [2.45, 2.75) is 18.2 Å². The number of amidine groups is 1. The number of benzene rings is 1. The molecule has 2 rings (SSSR count). The lowest BCUT2D eigenvalue weighted by molar-refractivity contribution is -0.385. The van der Waals surface area contributed by atoms with Crippen molar-refractivity contribution >= 4 is 27.5 Å². The second-order valence-corrected chi connectivity index (χ2v) is 6.67. The van der Waals surface area contributed by atoms with Crippen LogP contribution >= 0.6 is 0 Å². The Bertz CT molecular complexity index is 882. The molecule has 0 amide bonds. The van der Waals surface area contributed by atoms with Crippen molar-refractivity contribution in [1.29, 1.82) is 0 Å². The second-order valence-electron chi connectivity index (χ2n) is 5.24. The van der Waals surface area contributed by atoms with Crippen molar-refractivity contribution in [2.24, 2.45) is 16.7 Å². The van der Waals surface area contributed by atoms with Crippen molar-refractivity contribution < 1.29 is 17.9 Å². The van der Waals surface area contributed by atoms with Crippen LogP contribution in [0.4, 0.5) is 11.5 Å². The van der Waals surface area contributed by atoms with Crippen LogP contribution in [-0.2, 0) is 10.1 Å². The van der Waals surface area contributed by atoms with Gasteiger partial charge in [-0.25, -0.2) is 4.98 Å². The zero-order valence-electron chi connectivity index (χ0n) is 14.4. The molecule has 1 heterocycles. The molecule has 2 aromatic rings. The van der Waals surface area contributed by atoms with Gasteiger partial charge < -0.3 is 16.9 Å². The number of hydrogen-bond acceptors (Lipinski definition) is 8. The number of anilines is 1. The van der Waals surface area contributed by atoms with Crippen molar-refractivity contribution in [2.75, 3.05) is 11.9 Å². The Balaban J connectivity index is 0.000000289. The molecule has 27 heavy (non-hydrogen) atoms. The second kappa shape index (κ2) is 10.0. The summed E-state index contributed by atoms with van der Waals surface area (Å²) in [7, 11) is -4.02. The summed E-state index contributed by atoms with van der Waals surface area (Å²) in [5.74, 6) is 5.81. The Kier molecular flexibility index (Phi) is 8.10. The number of aromatic nitrogens is 1. The fraction of sp³-hybridized carbons (Fsp3) is 0.200. The van der Waals surface area contributed by atoms with E-state index >= 15 is 0 Å². The van der Waals surface area contributed by atoms with Crippen LogP contribution in [0.25, 0.3) is 0 Å². The van der Waals surface area contributed by atoms with E-state index in [2.05, 4.69) is 15.4 Å².